The van der Waals surface area contributed by atoms with Crippen molar-refractivity contribution in [3.8, 4) is 0 Å². The summed E-state index contributed by atoms with van der Waals surface area (Å²) < 4.78 is 3.68. The zero-order chi connectivity index (χ0) is 19.0. The highest BCUT2D eigenvalue weighted by Gasteiger charge is 2.19. The highest BCUT2D eigenvalue weighted by Crippen LogP contribution is 2.25. The zero-order valence-corrected chi connectivity index (χ0v) is 16.7. The first-order valence-corrected chi connectivity index (χ1v) is 9.34. The Morgan fingerprint density at radius 1 is 1.11 bits per heavy atom. The van der Waals surface area contributed by atoms with Gasteiger partial charge in [-0.15, -0.1) is 0 Å². The summed E-state index contributed by atoms with van der Waals surface area (Å²) in [5.74, 6) is -0.00603. The molecule has 0 aliphatic carbocycles. The van der Waals surface area contributed by atoms with Crippen molar-refractivity contribution in [2.45, 2.75) is 6.54 Å². The van der Waals surface area contributed by atoms with E-state index in [-0.39, 0.29) is 5.69 Å². The van der Waals surface area contributed by atoms with Gasteiger partial charge in [-0.25, -0.2) is 9.50 Å². The number of hydrogen-bond acceptors (Lipinski definition) is 4. The van der Waals surface area contributed by atoms with Crippen LogP contribution in [0.4, 0.5) is 5.82 Å². The molecule has 0 saturated carbocycles. The van der Waals surface area contributed by atoms with Crippen molar-refractivity contribution in [2.24, 2.45) is 0 Å². The summed E-state index contributed by atoms with van der Waals surface area (Å²) in [6.45, 7) is 0.385. The number of rotatable bonds is 4. The van der Waals surface area contributed by atoms with E-state index < -0.39 is 5.91 Å². The first-order valence-electron chi connectivity index (χ1n) is 7.79. The lowest BCUT2D eigenvalue weighted by Gasteiger charge is -2.07. The number of hydrogen-bond donors (Lipinski definition) is 1. The summed E-state index contributed by atoms with van der Waals surface area (Å²) >= 11 is 15.7. The molecule has 0 fully saturated rings. The maximum atomic E-state index is 12.5. The van der Waals surface area contributed by atoms with Crippen LogP contribution in [0.5, 0.6) is 0 Å². The molecule has 0 radical (unpaired) electrons. The summed E-state index contributed by atoms with van der Waals surface area (Å²) in [7, 11) is 0. The van der Waals surface area contributed by atoms with Crippen molar-refractivity contribution in [3.05, 3.63) is 74.7 Å². The van der Waals surface area contributed by atoms with Crippen LogP contribution in [0.25, 0.3) is 5.65 Å². The SMILES string of the molecule is O=C(Nc1ccn(Cc2c(Cl)cccc2Cl)n1)c1nn2cccnc2c1Br. The Labute approximate surface area is 172 Å². The van der Waals surface area contributed by atoms with Crippen LogP contribution in [-0.4, -0.2) is 30.3 Å². The number of fused-ring (bicyclic) bond motifs is 1. The predicted molar refractivity (Wildman–Crippen MR) is 106 cm³/mol. The number of nitrogens with zero attached hydrogens (tertiary/aromatic N) is 5. The Bertz CT molecular complexity index is 1140. The third kappa shape index (κ3) is 3.55. The molecule has 10 heteroatoms. The van der Waals surface area contributed by atoms with E-state index in [9.17, 15) is 4.79 Å². The average Bonchev–Trinajstić information content (AvgIpc) is 3.23. The number of anilines is 1. The molecule has 4 rings (SSSR count). The second-order valence-electron chi connectivity index (χ2n) is 5.60. The molecule has 0 aliphatic rings. The van der Waals surface area contributed by atoms with Gasteiger partial charge in [0.25, 0.3) is 5.91 Å². The van der Waals surface area contributed by atoms with Crippen molar-refractivity contribution in [1.29, 1.82) is 0 Å². The van der Waals surface area contributed by atoms with Crippen LogP contribution in [0.1, 0.15) is 16.1 Å². The monoisotopic (exact) mass is 464 g/mol. The normalized spacial score (nSPS) is 11.1. The van der Waals surface area contributed by atoms with Crippen molar-refractivity contribution < 1.29 is 4.79 Å². The molecule has 0 aliphatic heterocycles. The summed E-state index contributed by atoms with van der Waals surface area (Å²) in [4.78, 5) is 16.7. The van der Waals surface area contributed by atoms with Gasteiger partial charge in [-0.3, -0.25) is 9.48 Å². The molecular formula is C17H11BrCl2N6O. The van der Waals surface area contributed by atoms with Crippen LogP contribution in [0.3, 0.4) is 0 Å². The minimum Gasteiger partial charge on any atom is -0.304 e. The molecule has 0 bridgehead atoms. The zero-order valence-electron chi connectivity index (χ0n) is 13.6. The van der Waals surface area contributed by atoms with Gasteiger partial charge < -0.3 is 5.32 Å². The lowest BCUT2D eigenvalue weighted by Crippen LogP contribution is -2.14. The van der Waals surface area contributed by atoms with Gasteiger partial charge in [-0.05, 0) is 34.1 Å². The van der Waals surface area contributed by atoms with Crippen LogP contribution in [0.2, 0.25) is 10.0 Å². The molecule has 0 saturated heterocycles. The number of amides is 1. The van der Waals surface area contributed by atoms with Gasteiger partial charge in [0.05, 0.1) is 11.0 Å². The topological polar surface area (TPSA) is 77.1 Å². The number of halogens is 3. The Morgan fingerprint density at radius 2 is 1.89 bits per heavy atom. The molecular weight excluding hydrogens is 455 g/mol. The molecule has 3 heterocycles. The fourth-order valence-corrected chi connectivity index (χ4v) is 3.60. The highest BCUT2D eigenvalue weighted by atomic mass is 79.9. The van der Waals surface area contributed by atoms with E-state index in [2.05, 4.69) is 36.4 Å². The molecule has 0 atom stereocenters. The molecule has 3 aromatic heterocycles. The molecule has 1 aromatic carbocycles. The number of benzene rings is 1. The second kappa shape index (κ2) is 7.30. The van der Waals surface area contributed by atoms with Crippen LogP contribution in [0.15, 0.2) is 53.4 Å². The van der Waals surface area contributed by atoms with Crippen LogP contribution in [0, 0.1) is 0 Å². The molecule has 27 heavy (non-hydrogen) atoms. The van der Waals surface area contributed by atoms with Gasteiger partial charge in [-0.2, -0.15) is 10.2 Å². The average molecular weight is 466 g/mol. The maximum absolute atomic E-state index is 12.5. The van der Waals surface area contributed by atoms with Gasteiger partial charge in [0.1, 0.15) is 0 Å². The fourth-order valence-electron chi connectivity index (χ4n) is 2.54. The smallest absolute Gasteiger partial charge is 0.278 e. The van der Waals surface area contributed by atoms with Gasteiger partial charge in [0, 0.05) is 40.3 Å². The van der Waals surface area contributed by atoms with E-state index in [1.165, 1.54) is 4.52 Å². The summed E-state index contributed by atoms with van der Waals surface area (Å²) in [6, 6.07) is 8.73. The Kier molecular flexibility index (Phi) is 4.86. The lowest BCUT2D eigenvalue weighted by molar-refractivity contribution is 0.102. The van der Waals surface area contributed by atoms with Crippen LogP contribution < -0.4 is 5.32 Å². The number of carbonyl (C=O) groups excluding carboxylic acids is 1. The largest absolute Gasteiger partial charge is 0.304 e. The van der Waals surface area contributed by atoms with Gasteiger partial charge in [0.2, 0.25) is 0 Å². The first kappa shape index (κ1) is 18.0. The molecule has 1 amide bonds. The van der Waals surface area contributed by atoms with E-state index >= 15 is 0 Å². The standard InChI is InChI=1S/C17H11BrCl2N6O/c18-14-15(24-26-7-2-6-21-16(14)26)17(27)22-13-5-8-25(23-13)9-10-11(19)3-1-4-12(10)20/h1-8H,9H2,(H,22,23,27). The number of carbonyl (C=O) groups is 1. The molecule has 4 aromatic rings. The van der Waals surface area contributed by atoms with E-state index in [1.807, 2.05) is 0 Å². The molecule has 7 nitrogen and oxygen atoms in total. The van der Waals surface area contributed by atoms with Crippen molar-refractivity contribution >= 4 is 56.5 Å². The number of aromatic nitrogens is 5. The highest BCUT2D eigenvalue weighted by molar-refractivity contribution is 9.10. The van der Waals surface area contributed by atoms with E-state index in [1.54, 1.807) is 53.6 Å². The fraction of sp³-hybridized carbons (Fsp3) is 0.0588. The number of nitrogens with one attached hydrogen (secondary N) is 1. The van der Waals surface area contributed by atoms with Crippen LogP contribution >= 0.6 is 39.1 Å². The van der Waals surface area contributed by atoms with Crippen molar-refractivity contribution in [3.63, 3.8) is 0 Å². The predicted octanol–water partition coefficient (Wildman–Crippen LogP) is 4.30. The summed E-state index contributed by atoms with van der Waals surface area (Å²) in [6.07, 6.45) is 5.08. The Balaban J connectivity index is 1.53. The van der Waals surface area contributed by atoms with E-state index in [0.717, 1.165) is 5.56 Å². The van der Waals surface area contributed by atoms with Crippen molar-refractivity contribution in [2.75, 3.05) is 5.32 Å². The third-order valence-electron chi connectivity index (χ3n) is 3.82. The minimum atomic E-state index is -0.395. The third-order valence-corrected chi connectivity index (χ3v) is 5.26. The van der Waals surface area contributed by atoms with E-state index in [0.29, 0.717) is 32.5 Å². The Morgan fingerprint density at radius 3 is 2.63 bits per heavy atom. The lowest BCUT2D eigenvalue weighted by atomic mass is 10.2. The quantitative estimate of drug-likeness (QED) is 0.487. The molecule has 1 N–H and O–H groups in total. The van der Waals surface area contributed by atoms with Crippen molar-refractivity contribution in [1.82, 2.24) is 24.4 Å². The summed E-state index contributed by atoms with van der Waals surface area (Å²) in [5, 5.41) is 12.4. The molecule has 0 spiro atoms. The first-order chi connectivity index (χ1) is 13.0. The minimum absolute atomic E-state index is 0.220. The molecule has 0 unspecified atom stereocenters. The second-order valence-corrected chi connectivity index (χ2v) is 7.21. The Hall–Kier alpha value is -2.42. The van der Waals surface area contributed by atoms with Gasteiger partial charge in [0.15, 0.2) is 17.2 Å². The van der Waals surface area contributed by atoms with Gasteiger partial charge >= 0.3 is 0 Å². The van der Waals surface area contributed by atoms with Gasteiger partial charge in [-0.1, -0.05) is 29.3 Å². The van der Waals surface area contributed by atoms with Crippen LogP contribution in [-0.2, 0) is 6.54 Å². The summed E-state index contributed by atoms with van der Waals surface area (Å²) in [5.41, 5.74) is 1.54. The maximum Gasteiger partial charge on any atom is 0.278 e. The van der Waals surface area contributed by atoms with E-state index in [4.69, 9.17) is 23.2 Å². The molecule has 136 valence electrons.